The van der Waals surface area contributed by atoms with E-state index in [0.29, 0.717) is 19.3 Å². The van der Waals surface area contributed by atoms with Crippen LogP contribution in [-0.4, -0.2) is 81.9 Å². The van der Waals surface area contributed by atoms with Crippen LogP contribution in [0.2, 0.25) is 0 Å². The fraction of sp³-hybridized carbons (Fsp3) is 0.414. The molecule has 0 saturated carbocycles. The fourth-order valence-electron chi connectivity index (χ4n) is 5.63. The Morgan fingerprint density at radius 1 is 0.923 bits per heavy atom. The summed E-state index contributed by atoms with van der Waals surface area (Å²) in [5, 5.41) is 16.0. The maximum absolute atomic E-state index is 13.5. The van der Waals surface area contributed by atoms with Gasteiger partial charge in [-0.2, -0.15) is 0 Å². The van der Waals surface area contributed by atoms with E-state index < -0.39 is 11.9 Å². The maximum Gasteiger partial charge on any atom is 0.414 e. The number of aliphatic carboxylic acids is 2. The number of rotatable bonds is 4. The first-order chi connectivity index (χ1) is 18.8. The highest BCUT2D eigenvalue weighted by atomic mass is 16.7. The Labute approximate surface area is 226 Å². The van der Waals surface area contributed by atoms with Crippen molar-refractivity contribution in [3.63, 3.8) is 0 Å². The van der Waals surface area contributed by atoms with Crippen LogP contribution in [0, 0.1) is 5.92 Å². The summed E-state index contributed by atoms with van der Waals surface area (Å²) in [6, 6.07) is 14.6. The molecule has 10 heteroatoms. The minimum Gasteiger partial charge on any atom is -0.473 e. The molecule has 2 aromatic carbocycles. The molecule has 1 unspecified atom stereocenters. The number of para-hydroxylation sites is 1. The first kappa shape index (κ1) is 26.7. The van der Waals surface area contributed by atoms with Crippen LogP contribution in [0.25, 0.3) is 10.9 Å². The van der Waals surface area contributed by atoms with Crippen LogP contribution in [-0.2, 0) is 29.0 Å². The molecule has 1 atom stereocenters. The third-order valence-electron chi connectivity index (χ3n) is 7.61. The SMILES string of the molecule is CC1CCc2c(c3ccccc3n2C(=O)CN2CCN(Cc3ccc4c(c3)OCO4)CC2)C1.O=C(O)C(=O)O. The van der Waals surface area contributed by atoms with Gasteiger partial charge in [0.15, 0.2) is 11.5 Å². The minimum atomic E-state index is -1.82. The van der Waals surface area contributed by atoms with Crippen LogP contribution in [0.5, 0.6) is 11.5 Å². The van der Waals surface area contributed by atoms with Crippen molar-refractivity contribution in [3.8, 4) is 11.5 Å². The van der Waals surface area contributed by atoms with Gasteiger partial charge >= 0.3 is 11.9 Å². The second-order valence-electron chi connectivity index (χ2n) is 10.4. The molecule has 0 amide bonds. The van der Waals surface area contributed by atoms with Gasteiger partial charge in [-0.05, 0) is 54.5 Å². The van der Waals surface area contributed by atoms with E-state index in [4.69, 9.17) is 29.3 Å². The summed E-state index contributed by atoms with van der Waals surface area (Å²) in [6.07, 6.45) is 3.24. The second kappa shape index (κ2) is 11.5. The molecule has 1 aliphatic carbocycles. The smallest absolute Gasteiger partial charge is 0.414 e. The van der Waals surface area contributed by atoms with E-state index in [-0.39, 0.29) is 5.91 Å². The van der Waals surface area contributed by atoms with Crippen LogP contribution in [0.3, 0.4) is 0 Å². The standard InChI is InChI=1S/C27H31N3O3.C2H2O4/c1-19-6-8-24-22(14-19)21-4-2-3-5-23(21)30(24)27(31)17-29-12-10-28(11-13-29)16-20-7-9-25-26(15-20)33-18-32-25;3-1(4)2(5)6/h2-5,7,9,15,19H,6,8,10-14,16-18H2,1H3;(H,3,4)(H,5,6). The molecule has 3 heterocycles. The first-order valence-corrected chi connectivity index (χ1v) is 13.2. The van der Waals surface area contributed by atoms with E-state index in [1.54, 1.807) is 0 Å². The Hall–Kier alpha value is -3.89. The molecular weight excluding hydrogens is 502 g/mol. The zero-order valence-corrected chi connectivity index (χ0v) is 22.0. The summed E-state index contributed by atoms with van der Waals surface area (Å²) in [5.74, 6) is -1.08. The molecule has 2 N–H and O–H groups in total. The maximum atomic E-state index is 13.5. The lowest BCUT2D eigenvalue weighted by Gasteiger charge is -2.34. The van der Waals surface area contributed by atoms with E-state index in [9.17, 15) is 4.79 Å². The van der Waals surface area contributed by atoms with Crippen molar-refractivity contribution >= 4 is 28.7 Å². The van der Waals surface area contributed by atoms with Crippen molar-refractivity contribution in [2.45, 2.75) is 32.7 Å². The number of nitrogens with zero attached hydrogens (tertiary/aromatic N) is 3. The number of ether oxygens (including phenoxy) is 2. The number of piperazine rings is 1. The zero-order valence-electron chi connectivity index (χ0n) is 22.0. The van der Waals surface area contributed by atoms with Gasteiger partial charge in [0, 0.05) is 43.8 Å². The van der Waals surface area contributed by atoms with Crippen molar-refractivity contribution in [2.75, 3.05) is 39.5 Å². The lowest BCUT2D eigenvalue weighted by atomic mass is 9.88. The monoisotopic (exact) mass is 535 g/mol. The van der Waals surface area contributed by atoms with E-state index in [2.05, 4.69) is 53.1 Å². The lowest BCUT2D eigenvalue weighted by molar-refractivity contribution is -0.159. The van der Waals surface area contributed by atoms with Crippen LogP contribution in [0.4, 0.5) is 0 Å². The predicted octanol–water partition coefficient (Wildman–Crippen LogP) is 3.11. The number of fused-ring (bicyclic) bond motifs is 4. The van der Waals surface area contributed by atoms with Gasteiger partial charge in [0.2, 0.25) is 12.7 Å². The molecule has 0 bridgehead atoms. The van der Waals surface area contributed by atoms with Gasteiger partial charge in [-0.15, -0.1) is 0 Å². The van der Waals surface area contributed by atoms with Crippen LogP contribution in [0.15, 0.2) is 42.5 Å². The minimum absolute atomic E-state index is 0.214. The molecule has 3 aromatic rings. The second-order valence-corrected chi connectivity index (χ2v) is 10.4. The Balaban J connectivity index is 0.000000465. The molecule has 1 saturated heterocycles. The largest absolute Gasteiger partial charge is 0.473 e. The van der Waals surface area contributed by atoms with Gasteiger partial charge in [-0.25, -0.2) is 9.59 Å². The Morgan fingerprint density at radius 3 is 2.36 bits per heavy atom. The van der Waals surface area contributed by atoms with Crippen molar-refractivity contribution in [1.82, 2.24) is 14.4 Å². The van der Waals surface area contributed by atoms with Crippen LogP contribution in [0.1, 0.15) is 35.0 Å². The van der Waals surface area contributed by atoms with E-state index in [1.165, 1.54) is 22.2 Å². The van der Waals surface area contributed by atoms with Gasteiger partial charge in [0.1, 0.15) is 0 Å². The summed E-state index contributed by atoms with van der Waals surface area (Å²) >= 11 is 0. The number of carbonyl (C=O) groups is 3. The number of benzene rings is 2. The van der Waals surface area contributed by atoms with Crippen molar-refractivity contribution in [1.29, 1.82) is 0 Å². The molecule has 1 fully saturated rings. The Bertz CT molecular complexity index is 1380. The first-order valence-electron chi connectivity index (χ1n) is 13.2. The number of aromatic nitrogens is 1. The molecule has 206 valence electrons. The quantitative estimate of drug-likeness (QED) is 0.486. The lowest BCUT2D eigenvalue weighted by Crippen LogP contribution is -2.48. The van der Waals surface area contributed by atoms with Crippen molar-refractivity contribution < 1.29 is 34.1 Å². The van der Waals surface area contributed by atoms with E-state index in [1.807, 2.05) is 10.6 Å². The summed E-state index contributed by atoms with van der Waals surface area (Å²) in [5.41, 5.74) is 4.97. The molecule has 1 aromatic heterocycles. The van der Waals surface area contributed by atoms with E-state index >= 15 is 0 Å². The highest BCUT2D eigenvalue weighted by Gasteiger charge is 2.27. The molecule has 39 heavy (non-hydrogen) atoms. The highest BCUT2D eigenvalue weighted by molar-refractivity contribution is 6.27. The van der Waals surface area contributed by atoms with Crippen molar-refractivity contribution in [2.24, 2.45) is 5.92 Å². The third kappa shape index (κ3) is 5.91. The molecule has 2 aliphatic heterocycles. The summed E-state index contributed by atoms with van der Waals surface area (Å²) in [4.78, 5) is 36.5. The zero-order chi connectivity index (χ0) is 27.5. The van der Waals surface area contributed by atoms with Gasteiger partial charge in [-0.1, -0.05) is 31.2 Å². The predicted molar refractivity (Wildman–Crippen MR) is 143 cm³/mol. The topological polar surface area (TPSA) is 122 Å². The Morgan fingerprint density at radius 2 is 1.62 bits per heavy atom. The fourth-order valence-corrected chi connectivity index (χ4v) is 5.63. The average Bonchev–Trinajstić information content (AvgIpc) is 3.52. The number of hydrogen-bond acceptors (Lipinski definition) is 7. The highest BCUT2D eigenvalue weighted by Crippen LogP contribution is 2.35. The summed E-state index contributed by atoms with van der Waals surface area (Å²) < 4.78 is 13.0. The summed E-state index contributed by atoms with van der Waals surface area (Å²) in [7, 11) is 0. The number of hydrogen-bond donors (Lipinski definition) is 2. The number of carbonyl (C=O) groups excluding carboxylic acids is 1. The van der Waals surface area contributed by atoms with Gasteiger partial charge in [0.25, 0.3) is 0 Å². The van der Waals surface area contributed by atoms with Gasteiger partial charge < -0.3 is 19.7 Å². The van der Waals surface area contributed by atoms with E-state index in [0.717, 1.165) is 69.0 Å². The molecular formula is C29H33N3O7. The molecule has 3 aliphatic rings. The Kier molecular flexibility index (Phi) is 7.85. The number of carboxylic acid groups (broad SMARTS) is 2. The average molecular weight is 536 g/mol. The normalized spacial score (nSPS) is 18.7. The summed E-state index contributed by atoms with van der Waals surface area (Å²) in [6.45, 7) is 7.76. The van der Waals surface area contributed by atoms with Crippen molar-refractivity contribution in [3.05, 3.63) is 59.3 Å². The molecule has 0 radical (unpaired) electrons. The van der Waals surface area contributed by atoms with Crippen LogP contribution < -0.4 is 9.47 Å². The third-order valence-corrected chi connectivity index (χ3v) is 7.61. The molecule has 0 spiro atoms. The number of carboxylic acids is 2. The van der Waals surface area contributed by atoms with Gasteiger partial charge in [0.05, 0.1) is 12.1 Å². The molecule has 6 rings (SSSR count). The van der Waals surface area contributed by atoms with Gasteiger partial charge in [-0.3, -0.25) is 19.2 Å². The molecule has 10 nitrogen and oxygen atoms in total. The van der Waals surface area contributed by atoms with Crippen LogP contribution >= 0.6 is 0 Å².